The zero-order valence-electron chi connectivity index (χ0n) is 14.6. The van der Waals surface area contributed by atoms with Crippen LogP contribution in [0.15, 0.2) is 0 Å². The number of carbonyl (C=O) groups is 6. The van der Waals surface area contributed by atoms with Gasteiger partial charge in [-0.1, -0.05) is 0 Å². The highest BCUT2D eigenvalue weighted by Crippen LogP contribution is 2.01. The summed E-state index contributed by atoms with van der Waals surface area (Å²) in [5.41, 5.74) is 10.4. The van der Waals surface area contributed by atoms with Crippen LogP contribution in [-0.2, 0) is 28.8 Å². The summed E-state index contributed by atoms with van der Waals surface area (Å²) in [6, 6.07) is -3.84. The summed E-state index contributed by atoms with van der Waals surface area (Å²) in [6.45, 7) is 0.591. The lowest BCUT2D eigenvalue weighted by molar-refractivity contribution is -0.140. The fraction of sp³-hybridized carbons (Fsp3) is 0.571. The van der Waals surface area contributed by atoms with Crippen LogP contribution < -0.4 is 27.4 Å². The molecule has 0 heterocycles. The van der Waals surface area contributed by atoms with E-state index >= 15 is 0 Å². The molecule has 0 aliphatic rings. The molecule has 0 radical (unpaired) electrons. The molecule has 0 rings (SSSR count). The number of amides is 4. The maximum Gasteiger partial charge on any atom is 0.322 e. The Bertz CT molecular complexity index is 606. The van der Waals surface area contributed by atoms with Gasteiger partial charge >= 0.3 is 11.9 Å². The molecule has 0 aromatic rings. The number of carboxylic acid groups (broad SMARTS) is 2. The molecule has 0 aliphatic carbocycles. The van der Waals surface area contributed by atoms with Crippen LogP contribution in [0.25, 0.3) is 0 Å². The van der Waals surface area contributed by atoms with E-state index in [9.17, 15) is 28.8 Å². The van der Waals surface area contributed by atoms with Gasteiger partial charge in [-0.2, -0.15) is 0 Å². The summed E-state index contributed by atoms with van der Waals surface area (Å²) < 4.78 is 0. The van der Waals surface area contributed by atoms with Gasteiger partial charge in [0.2, 0.25) is 23.6 Å². The second kappa shape index (κ2) is 11.4. The second-order valence-corrected chi connectivity index (χ2v) is 5.63. The summed E-state index contributed by atoms with van der Waals surface area (Å²) in [5.74, 6) is -6.19. The lowest BCUT2D eigenvalue weighted by Crippen LogP contribution is -2.56. The quantitative estimate of drug-likeness (QED) is 0.173. The Labute approximate surface area is 153 Å². The summed E-state index contributed by atoms with van der Waals surface area (Å²) in [7, 11) is 0. The Balaban J connectivity index is 5.22. The van der Waals surface area contributed by atoms with Crippen LogP contribution in [0.4, 0.5) is 0 Å². The van der Waals surface area contributed by atoms with Gasteiger partial charge in [0, 0.05) is 6.42 Å². The number of hydrogen-bond donors (Lipinski definition) is 7. The highest BCUT2D eigenvalue weighted by Gasteiger charge is 2.29. The Morgan fingerprint density at radius 3 is 1.89 bits per heavy atom. The van der Waals surface area contributed by atoms with Crippen molar-refractivity contribution in [2.75, 3.05) is 6.54 Å². The Kier molecular flexibility index (Phi) is 10.0. The van der Waals surface area contributed by atoms with E-state index in [1.165, 1.54) is 6.92 Å². The third-order valence-electron chi connectivity index (χ3n) is 3.15. The molecule has 27 heavy (non-hydrogen) atoms. The van der Waals surface area contributed by atoms with Gasteiger partial charge < -0.3 is 37.6 Å². The van der Waals surface area contributed by atoms with E-state index in [4.69, 9.17) is 21.7 Å². The first-order valence-corrected chi connectivity index (χ1v) is 7.80. The lowest BCUT2D eigenvalue weighted by Gasteiger charge is -2.22. The molecule has 0 fully saturated rings. The number of aliphatic carboxylic acids is 2. The number of rotatable bonds is 12. The maximum atomic E-state index is 12.3. The van der Waals surface area contributed by atoms with Gasteiger partial charge in [-0.25, -0.2) is 0 Å². The fourth-order valence-electron chi connectivity index (χ4n) is 1.81. The first-order valence-electron chi connectivity index (χ1n) is 7.80. The monoisotopic (exact) mass is 389 g/mol. The van der Waals surface area contributed by atoms with Crippen molar-refractivity contribution in [2.24, 2.45) is 11.5 Å². The third-order valence-corrected chi connectivity index (χ3v) is 3.15. The molecule has 3 atom stereocenters. The van der Waals surface area contributed by atoms with Gasteiger partial charge in [-0.15, -0.1) is 0 Å². The predicted molar refractivity (Wildman–Crippen MR) is 88.8 cm³/mol. The minimum atomic E-state index is -1.44. The van der Waals surface area contributed by atoms with E-state index in [-0.39, 0.29) is 6.42 Å². The number of primary amides is 1. The molecule has 4 amide bonds. The predicted octanol–water partition coefficient (Wildman–Crippen LogP) is -3.76. The molecular weight excluding hydrogens is 366 g/mol. The van der Waals surface area contributed by atoms with Gasteiger partial charge in [0.25, 0.3) is 0 Å². The van der Waals surface area contributed by atoms with Crippen LogP contribution in [0.2, 0.25) is 0 Å². The van der Waals surface area contributed by atoms with Crippen molar-refractivity contribution >= 4 is 35.6 Å². The minimum absolute atomic E-state index is 0.350. The summed E-state index contributed by atoms with van der Waals surface area (Å²) in [6.07, 6.45) is -1.44. The number of nitrogens with one attached hydrogen (secondary N) is 3. The van der Waals surface area contributed by atoms with E-state index < -0.39 is 73.1 Å². The number of hydrogen-bond acceptors (Lipinski definition) is 7. The molecule has 3 unspecified atom stereocenters. The fourth-order valence-corrected chi connectivity index (χ4v) is 1.81. The summed E-state index contributed by atoms with van der Waals surface area (Å²) in [5, 5.41) is 23.7. The van der Waals surface area contributed by atoms with Crippen molar-refractivity contribution in [3.63, 3.8) is 0 Å². The zero-order valence-corrected chi connectivity index (χ0v) is 14.6. The molecule has 0 aromatic carbocycles. The molecule has 0 aliphatic heterocycles. The standard InChI is InChI=1S/C14H23N5O8/c1-6(15)12(25)19-8(4-9(16)20)14(27)18-7(2-3-10(21)22)13(26)17-5-11(23)24/h6-8H,2-5,15H2,1H3,(H2,16,20)(H,17,26)(H,18,27)(H,19,25)(H,21,22)(H,23,24). The molecule has 0 aromatic heterocycles. The maximum absolute atomic E-state index is 12.3. The van der Waals surface area contributed by atoms with Crippen molar-refractivity contribution < 1.29 is 39.0 Å². The van der Waals surface area contributed by atoms with E-state index in [1.54, 1.807) is 0 Å². The van der Waals surface area contributed by atoms with Gasteiger partial charge in [0.05, 0.1) is 12.5 Å². The van der Waals surface area contributed by atoms with Crippen molar-refractivity contribution in [2.45, 2.75) is 44.3 Å². The molecule has 152 valence electrons. The molecule has 0 saturated heterocycles. The van der Waals surface area contributed by atoms with E-state index in [2.05, 4.69) is 10.6 Å². The Morgan fingerprint density at radius 2 is 1.44 bits per heavy atom. The second-order valence-electron chi connectivity index (χ2n) is 5.63. The van der Waals surface area contributed by atoms with Crippen molar-refractivity contribution in [1.82, 2.24) is 16.0 Å². The van der Waals surface area contributed by atoms with Crippen LogP contribution in [0, 0.1) is 0 Å². The molecule has 0 saturated carbocycles. The number of carbonyl (C=O) groups excluding carboxylic acids is 4. The topological polar surface area (TPSA) is 231 Å². The minimum Gasteiger partial charge on any atom is -0.481 e. The molecule has 0 spiro atoms. The van der Waals surface area contributed by atoms with E-state index in [0.29, 0.717) is 0 Å². The Hall–Kier alpha value is -3.22. The first kappa shape index (κ1) is 23.8. The largest absolute Gasteiger partial charge is 0.481 e. The van der Waals surface area contributed by atoms with E-state index in [1.807, 2.05) is 5.32 Å². The Morgan fingerprint density at radius 1 is 0.889 bits per heavy atom. The van der Waals surface area contributed by atoms with Crippen LogP contribution >= 0.6 is 0 Å². The van der Waals surface area contributed by atoms with Gasteiger partial charge in [-0.05, 0) is 13.3 Å². The molecular formula is C14H23N5O8. The van der Waals surface area contributed by atoms with Gasteiger partial charge in [-0.3, -0.25) is 28.8 Å². The van der Waals surface area contributed by atoms with Crippen molar-refractivity contribution in [3.05, 3.63) is 0 Å². The first-order chi connectivity index (χ1) is 12.4. The summed E-state index contributed by atoms with van der Waals surface area (Å²) in [4.78, 5) is 68.3. The highest BCUT2D eigenvalue weighted by atomic mass is 16.4. The van der Waals surface area contributed by atoms with Crippen LogP contribution in [-0.4, -0.2) is 70.5 Å². The lowest BCUT2D eigenvalue weighted by atomic mass is 10.1. The SMILES string of the molecule is CC(N)C(=O)NC(CC(N)=O)C(=O)NC(CCC(=O)O)C(=O)NCC(=O)O. The van der Waals surface area contributed by atoms with Crippen molar-refractivity contribution in [3.8, 4) is 0 Å². The summed E-state index contributed by atoms with van der Waals surface area (Å²) >= 11 is 0. The highest BCUT2D eigenvalue weighted by molar-refractivity contribution is 5.95. The number of nitrogens with two attached hydrogens (primary N) is 2. The molecule has 0 bridgehead atoms. The number of carboxylic acids is 2. The zero-order chi connectivity index (χ0) is 21.1. The van der Waals surface area contributed by atoms with Crippen molar-refractivity contribution in [1.29, 1.82) is 0 Å². The van der Waals surface area contributed by atoms with Gasteiger partial charge in [0.1, 0.15) is 18.6 Å². The third kappa shape index (κ3) is 10.4. The average molecular weight is 389 g/mol. The van der Waals surface area contributed by atoms with Crippen LogP contribution in [0.5, 0.6) is 0 Å². The average Bonchev–Trinajstić information content (AvgIpc) is 2.54. The van der Waals surface area contributed by atoms with Crippen LogP contribution in [0.3, 0.4) is 0 Å². The van der Waals surface area contributed by atoms with E-state index in [0.717, 1.165) is 0 Å². The smallest absolute Gasteiger partial charge is 0.322 e. The molecule has 13 heteroatoms. The molecule has 9 N–H and O–H groups in total. The molecule has 13 nitrogen and oxygen atoms in total. The van der Waals surface area contributed by atoms with Gasteiger partial charge in [0.15, 0.2) is 0 Å². The van der Waals surface area contributed by atoms with Crippen LogP contribution in [0.1, 0.15) is 26.2 Å². The normalized spacial score (nSPS) is 13.6.